The summed E-state index contributed by atoms with van der Waals surface area (Å²) in [5.74, 6) is -0.454. The Hall–Kier alpha value is -2.91. The number of non-ortho nitro benzene ring substituents is 1. The molecule has 3 aromatic rings. The van der Waals surface area contributed by atoms with E-state index < -0.39 is 10.8 Å². The van der Waals surface area contributed by atoms with Gasteiger partial charge in [0, 0.05) is 22.6 Å². The van der Waals surface area contributed by atoms with Gasteiger partial charge < -0.3 is 4.42 Å². The molecule has 0 saturated carbocycles. The number of nitro groups is 1. The van der Waals surface area contributed by atoms with Crippen LogP contribution in [0.4, 0.5) is 11.7 Å². The number of hydrogen-bond acceptors (Lipinski definition) is 7. The van der Waals surface area contributed by atoms with Crippen molar-refractivity contribution in [1.82, 2.24) is 10.2 Å². The van der Waals surface area contributed by atoms with Crippen LogP contribution in [0.25, 0.3) is 11.5 Å². The molecule has 0 spiro atoms. The Morgan fingerprint density at radius 2 is 1.96 bits per heavy atom. The molecule has 0 atom stereocenters. The number of nitrogens with one attached hydrogen (secondary N) is 1. The Balaban J connectivity index is 1.79. The second-order valence-electron chi connectivity index (χ2n) is 5.02. The summed E-state index contributed by atoms with van der Waals surface area (Å²) in [5, 5.41) is 20.9. The summed E-state index contributed by atoms with van der Waals surface area (Å²) in [7, 11) is 0. The van der Waals surface area contributed by atoms with Crippen molar-refractivity contribution in [2.45, 2.75) is 4.90 Å². The molecule has 0 aliphatic heterocycles. The van der Waals surface area contributed by atoms with E-state index in [1.165, 1.54) is 12.1 Å². The molecule has 1 amide bonds. The highest BCUT2D eigenvalue weighted by Gasteiger charge is 2.18. The Labute approximate surface area is 156 Å². The number of rotatable bonds is 5. The largest absolute Gasteiger partial charge is 0.403 e. The summed E-state index contributed by atoms with van der Waals surface area (Å²) in [4.78, 5) is 23.6. The van der Waals surface area contributed by atoms with Crippen molar-refractivity contribution in [3.8, 4) is 11.5 Å². The first-order valence-electron chi connectivity index (χ1n) is 7.21. The summed E-state index contributed by atoms with van der Waals surface area (Å²) < 4.78 is 5.41. The van der Waals surface area contributed by atoms with Crippen LogP contribution in [0.5, 0.6) is 0 Å². The predicted molar refractivity (Wildman–Crippen MR) is 97.6 cm³/mol. The quantitative estimate of drug-likeness (QED) is 0.393. The van der Waals surface area contributed by atoms with E-state index >= 15 is 0 Å². The first kappa shape index (κ1) is 17.9. The van der Waals surface area contributed by atoms with Crippen molar-refractivity contribution < 1.29 is 14.1 Å². The Morgan fingerprint density at radius 1 is 1.23 bits per heavy atom. The molecular formula is C16H11ClN4O4S. The van der Waals surface area contributed by atoms with Gasteiger partial charge in [-0.05, 0) is 36.6 Å². The van der Waals surface area contributed by atoms with E-state index in [-0.39, 0.29) is 28.2 Å². The molecule has 26 heavy (non-hydrogen) atoms. The number of anilines is 1. The third kappa shape index (κ3) is 3.84. The van der Waals surface area contributed by atoms with Crippen LogP contribution >= 0.6 is 23.4 Å². The van der Waals surface area contributed by atoms with Gasteiger partial charge in [0.2, 0.25) is 5.89 Å². The number of benzene rings is 2. The molecule has 0 bridgehead atoms. The molecule has 0 aliphatic carbocycles. The standard InChI is InChI=1S/C16H11ClN4O4S/c1-26-11-5-2-9(3-6-11)15-19-20-16(25-15)18-14(22)12-8-10(21(23)24)4-7-13(12)17/h2-8H,1H3,(H,18,20,22). The van der Waals surface area contributed by atoms with Crippen LogP contribution in [0.1, 0.15) is 10.4 Å². The first-order chi connectivity index (χ1) is 12.5. The topological polar surface area (TPSA) is 111 Å². The third-order valence-corrected chi connectivity index (χ3v) is 4.46. The molecule has 0 fully saturated rings. The molecule has 3 rings (SSSR count). The first-order valence-corrected chi connectivity index (χ1v) is 8.81. The van der Waals surface area contributed by atoms with E-state index in [9.17, 15) is 14.9 Å². The van der Waals surface area contributed by atoms with Crippen LogP contribution in [0.3, 0.4) is 0 Å². The molecule has 2 aromatic carbocycles. The fraction of sp³-hybridized carbons (Fsp3) is 0.0625. The fourth-order valence-electron chi connectivity index (χ4n) is 2.09. The monoisotopic (exact) mass is 390 g/mol. The molecule has 1 aromatic heterocycles. The second-order valence-corrected chi connectivity index (χ2v) is 6.30. The summed E-state index contributed by atoms with van der Waals surface area (Å²) in [6.45, 7) is 0. The minimum Gasteiger partial charge on any atom is -0.403 e. The highest BCUT2D eigenvalue weighted by atomic mass is 35.5. The number of nitrogens with zero attached hydrogens (tertiary/aromatic N) is 3. The Morgan fingerprint density at radius 3 is 2.62 bits per heavy atom. The maximum Gasteiger partial charge on any atom is 0.322 e. The predicted octanol–water partition coefficient (Wildman–Crippen LogP) is 4.27. The van der Waals surface area contributed by atoms with Crippen molar-refractivity contribution in [3.63, 3.8) is 0 Å². The van der Waals surface area contributed by atoms with E-state index in [1.807, 2.05) is 30.5 Å². The van der Waals surface area contributed by atoms with Crippen LogP contribution in [-0.4, -0.2) is 27.3 Å². The van der Waals surface area contributed by atoms with Gasteiger partial charge >= 0.3 is 6.01 Å². The zero-order valence-electron chi connectivity index (χ0n) is 13.3. The second kappa shape index (κ2) is 7.54. The van der Waals surface area contributed by atoms with Crippen molar-refractivity contribution in [3.05, 3.63) is 63.2 Å². The van der Waals surface area contributed by atoms with Gasteiger partial charge in [-0.15, -0.1) is 16.9 Å². The maximum absolute atomic E-state index is 12.3. The summed E-state index contributed by atoms with van der Waals surface area (Å²) in [6, 6.07) is 10.9. The highest BCUT2D eigenvalue weighted by molar-refractivity contribution is 7.98. The lowest BCUT2D eigenvalue weighted by Crippen LogP contribution is -2.13. The summed E-state index contributed by atoms with van der Waals surface area (Å²) >= 11 is 7.54. The Kier molecular flexibility index (Phi) is 5.19. The molecule has 132 valence electrons. The van der Waals surface area contributed by atoms with Gasteiger partial charge in [-0.2, -0.15) is 0 Å². The third-order valence-electron chi connectivity index (χ3n) is 3.39. The van der Waals surface area contributed by atoms with Gasteiger partial charge in [0.15, 0.2) is 0 Å². The van der Waals surface area contributed by atoms with Gasteiger partial charge in [0.1, 0.15) is 0 Å². The van der Waals surface area contributed by atoms with E-state index in [0.717, 1.165) is 11.0 Å². The van der Waals surface area contributed by atoms with E-state index in [0.29, 0.717) is 5.56 Å². The van der Waals surface area contributed by atoms with E-state index in [2.05, 4.69) is 15.5 Å². The maximum atomic E-state index is 12.3. The number of thioether (sulfide) groups is 1. The summed E-state index contributed by atoms with van der Waals surface area (Å²) in [6.07, 6.45) is 1.97. The van der Waals surface area contributed by atoms with Crippen molar-refractivity contribution >= 4 is 41.0 Å². The lowest BCUT2D eigenvalue weighted by Gasteiger charge is -2.03. The SMILES string of the molecule is CSc1ccc(-c2nnc(NC(=O)c3cc([N+](=O)[O-])ccc3Cl)o2)cc1. The zero-order chi connectivity index (χ0) is 18.7. The van der Waals surface area contributed by atoms with Gasteiger partial charge in [0.25, 0.3) is 11.6 Å². The molecule has 0 saturated heterocycles. The lowest BCUT2D eigenvalue weighted by molar-refractivity contribution is -0.384. The van der Waals surface area contributed by atoms with Crippen molar-refractivity contribution in [2.75, 3.05) is 11.6 Å². The van der Waals surface area contributed by atoms with Gasteiger partial charge in [-0.25, -0.2) is 0 Å². The molecule has 8 nitrogen and oxygen atoms in total. The van der Waals surface area contributed by atoms with Gasteiger partial charge in [-0.3, -0.25) is 20.2 Å². The highest BCUT2D eigenvalue weighted by Crippen LogP contribution is 2.25. The fourth-order valence-corrected chi connectivity index (χ4v) is 2.70. The Bertz CT molecular complexity index is 975. The molecular weight excluding hydrogens is 380 g/mol. The van der Waals surface area contributed by atoms with Crippen LogP contribution < -0.4 is 5.32 Å². The van der Waals surface area contributed by atoms with Crippen LogP contribution in [0.15, 0.2) is 51.8 Å². The number of halogens is 1. The number of aromatic nitrogens is 2. The van der Waals surface area contributed by atoms with Crippen molar-refractivity contribution in [2.24, 2.45) is 0 Å². The van der Waals surface area contributed by atoms with Crippen LogP contribution in [0.2, 0.25) is 5.02 Å². The molecule has 0 aliphatic rings. The smallest absolute Gasteiger partial charge is 0.322 e. The van der Waals surface area contributed by atoms with Gasteiger partial charge in [-0.1, -0.05) is 16.7 Å². The summed E-state index contributed by atoms with van der Waals surface area (Å²) in [5.41, 5.74) is 0.383. The molecule has 0 unspecified atom stereocenters. The van der Waals surface area contributed by atoms with E-state index in [4.69, 9.17) is 16.0 Å². The van der Waals surface area contributed by atoms with Crippen molar-refractivity contribution in [1.29, 1.82) is 0 Å². The number of amides is 1. The minimum absolute atomic E-state index is 0.0649. The molecule has 1 N–H and O–H groups in total. The number of hydrogen-bond donors (Lipinski definition) is 1. The number of carbonyl (C=O) groups is 1. The number of nitro benzene ring substituents is 1. The zero-order valence-corrected chi connectivity index (χ0v) is 14.9. The van der Waals surface area contributed by atoms with Gasteiger partial charge in [0.05, 0.1) is 15.5 Å². The lowest BCUT2D eigenvalue weighted by atomic mass is 10.2. The average molecular weight is 391 g/mol. The number of carbonyl (C=O) groups excluding carboxylic acids is 1. The molecule has 10 heteroatoms. The van der Waals surface area contributed by atoms with Crippen LogP contribution in [-0.2, 0) is 0 Å². The average Bonchev–Trinajstić information content (AvgIpc) is 3.10. The van der Waals surface area contributed by atoms with Crippen LogP contribution in [0, 0.1) is 10.1 Å². The molecule has 0 radical (unpaired) electrons. The van der Waals surface area contributed by atoms with E-state index in [1.54, 1.807) is 11.8 Å². The molecule has 1 heterocycles. The minimum atomic E-state index is -0.688. The normalized spacial score (nSPS) is 10.5.